The highest BCUT2D eigenvalue weighted by atomic mass is 19.3. The number of ether oxygens (including phenoxy) is 1. The molecule has 1 unspecified atom stereocenters. The van der Waals surface area contributed by atoms with Gasteiger partial charge in [-0.05, 0) is 131 Å². The molecule has 2 fully saturated rings. The first-order valence-electron chi connectivity index (χ1n) is 15.4. The van der Waals surface area contributed by atoms with Crippen LogP contribution in [0, 0.1) is 17.7 Å². The Kier molecular flexibility index (Phi) is 10.7. The number of allylic oxidation sites excluding steroid dienone is 2. The maximum Gasteiger partial charge on any atom is 0.386 e. The largest absolute Gasteiger partial charge is 0.386 e. The summed E-state index contributed by atoms with van der Waals surface area (Å²) in [5.41, 5.74) is 2.10. The molecule has 2 aliphatic carbocycles. The minimum absolute atomic E-state index is 0.236. The Bertz CT molecular complexity index is 1040. The normalized spacial score (nSPS) is 25.2. The molecule has 0 heterocycles. The molecule has 2 aromatic carbocycles. The molecule has 0 aromatic heterocycles. The van der Waals surface area contributed by atoms with Gasteiger partial charge in [0.2, 0.25) is 0 Å². The van der Waals surface area contributed by atoms with Crippen LogP contribution in [0.25, 0.3) is 0 Å². The molecular weight excluding hydrogens is 493 g/mol. The van der Waals surface area contributed by atoms with Crippen LogP contribution in [0.15, 0.2) is 54.6 Å². The molecule has 0 radical (unpaired) electrons. The number of halogens is 3. The fourth-order valence-corrected chi connectivity index (χ4v) is 6.89. The van der Waals surface area contributed by atoms with Gasteiger partial charge in [-0.25, -0.2) is 4.39 Å². The molecule has 0 N–H and O–H groups in total. The minimum atomic E-state index is -3.71. The summed E-state index contributed by atoms with van der Waals surface area (Å²) in [5.74, 6) is 1.46. The molecule has 0 saturated heterocycles. The third-order valence-electron chi connectivity index (χ3n) is 9.35. The highest BCUT2D eigenvalue weighted by Gasteiger charge is 2.38. The average Bonchev–Trinajstić information content (AvgIpc) is 2.94. The summed E-state index contributed by atoms with van der Waals surface area (Å²) in [5, 5.41) is 0. The van der Waals surface area contributed by atoms with E-state index < -0.39 is 23.6 Å². The van der Waals surface area contributed by atoms with E-state index in [1.54, 1.807) is 13.0 Å². The molecule has 214 valence electrons. The van der Waals surface area contributed by atoms with Crippen LogP contribution in [0.2, 0.25) is 0 Å². The van der Waals surface area contributed by atoms with Crippen molar-refractivity contribution in [3.05, 3.63) is 82.7 Å². The molecule has 2 aliphatic rings. The molecule has 1 atom stereocenters. The fourth-order valence-electron chi connectivity index (χ4n) is 6.89. The Morgan fingerprint density at radius 3 is 1.97 bits per heavy atom. The monoisotopic (exact) mass is 540 g/mol. The highest BCUT2D eigenvalue weighted by molar-refractivity contribution is 5.30. The van der Waals surface area contributed by atoms with Crippen LogP contribution in [-0.2, 0) is 10.8 Å². The quantitative estimate of drug-likeness (QED) is 0.258. The Morgan fingerprint density at radius 1 is 0.846 bits per heavy atom. The molecule has 2 aromatic rings. The van der Waals surface area contributed by atoms with Gasteiger partial charge in [0, 0.05) is 0 Å². The Hall–Kier alpha value is -2.07. The lowest BCUT2D eigenvalue weighted by molar-refractivity contribution is -0.273. The first kappa shape index (κ1) is 29.9. The van der Waals surface area contributed by atoms with Gasteiger partial charge in [0.1, 0.15) is 5.82 Å². The van der Waals surface area contributed by atoms with Gasteiger partial charge in [0.25, 0.3) is 0 Å². The number of benzene rings is 2. The summed E-state index contributed by atoms with van der Waals surface area (Å²) in [7, 11) is 0. The zero-order valence-corrected chi connectivity index (χ0v) is 24.1. The first-order chi connectivity index (χ1) is 18.8. The summed E-state index contributed by atoms with van der Waals surface area (Å²) >= 11 is 0. The summed E-state index contributed by atoms with van der Waals surface area (Å²) in [6, 6.07) is 12.1. The van der Waals surface area contributed by atoms with Gasteiger partial charge in [-0.1, -0.05) is 62.2 Å². The van der Waals surface area contributed by atoms with Crippen molar-refractivity contribution in [2.24, 2.45) is 11.8 Å². The molecule has 0 bridgehead atoms. The highest BCUT2D eigenvalue weighted by Crippen LogP contribution is 2.42. The predicted octanol–water partition coefficient (Wildman–Crippen LogP) is 11.4. The van der Waals surface area contributed by atoms with Crippen LogP contribution in [-0.4, -0.2) is 0 Å². The van der Waals surface area contributed by atoms with E-state index in [4.69, 9.17) is 4.74 Å². The van der Waals surface area contributed by atoms with Gasteiger partial charge in [0.05, 0.1) is 11.7 Å². The summed E-state index contributed by atoms with van der Waals surface area (Å²) in [4.78, 5) is 0. The second-order valence-corrected chi connectivity index (χ2v) is 12.1. The Labute approximate surface area is 234 Å². The summed E-state index contributed by atoms with van der Waals surface area (Å²) in [6.07, 6.45) is 13.7. The first-order valence-corrected chi connectivity index (χ1v) is 15.4. The third kappa shape index (κ3) is 7.99. The maximum atomic E-state index is 15.1. The standard InChI is InChI=1S/C35H47F3O/c1-4-6-7-9-27-12-16-31(17-13-27)32-22-23-33(34(36)24-32)35(37,38)39-25(3)28-18-20-30(21-19-28)29-14-10-26(8-5-2)11-15-29/h4,6,18-27,29,31H,5,7-17H2,1-3H3/b6-4+. The molecule has 4 heteroatoms. The minimum Gasteiger partial charge on any atom is -0.309 e. The van der Waals surface area contributed by atoms with Crippen LogP contribution >= 0.6 is 0 Å². The SMILES string of the molecule is C/C=C/CCC1CCC(c2ccc(C(F)(F)OC(C)c3ccc(C4CCC(CCC)CC4)cc3)c(F)c2)CC1. The lowest BCUT2D eigenvalue weighted by Crippen LogP contribution is -2.22. The molecule has 0 amide bonds. The van der Waals surface area contributed by atoms with Crippen molar-refractivity contribution in [3.63, 3.8) is 0 Å². The molecule has 0 aliphatic heterocycles. The van der Waals surface area contributed by atoms with E-state index in [0.717, 1.165) is 43.6 Å². The maximum absolute atomic E-state index is 15.1. The second kappa shape index (κ2) is 14.0. The van der Waals surface area contributed by atoms with Crippen LogP contribution < -0.4 is 0 Å². The van der Waals surface area contributed by atoms with Crippen molar-refractivity contribution in [2.45, 2.75) is 122 Å². The molecule has 39 heavy (non-hydrogen) atoms. The van der Waals surface area contributed by atoms with Crippen LogP contribution in [0.4, 0.5) is 13.2 Å². The van der Waals surface area contributed by atoms with Crippen molar-refractivity contribution >= 4 is 0 Å². The van der Waals surface area contributed by atoms with Gasteiger partial charge >= 0.3 is 6.11 Å². The second-order valence-electron chi connectivity index (χ2n) is 12.1. The number of alkyl halides is 2. The van der Waals surface area contributed by atoms with Crippen LogP contribution in [0.1, 0.15) is 138 Å². The predicted molar refractivity (Wildman–Crippen MR) is 155 cm³/mol. The summed E-state index contributed by atoms with van der Waals surface area (Å²) in [6.45, 7) is 5.90. The molecule has 2 saturated carbocycles. The van der Waals surface area contributed by atoms with Gasteiger partial charge in [0.15, 0.2) is 0 Å². The van der Waals surface area contributed by atoms with E-state index in [9.17, 15) is 0 Å². The summed E-state index contributed by atoms with van der Waals surface area (Å²) < 4.78 is 50.4. The molecule has 4 rings (SSSR count). The number of hydrogen-bond acceptors (Lipinski definition) is 1. The Morgan fingerprint density at radius 2 is 1.41 bits per heavy atom. The van der Waals surface area contributed by atoms with E-state index in [1.807, 2.05) is 19.1 Å². The molecular formula is C35H47F3O. The van der Waals surface area contributed by atoms with E-state index in [2.05, 4.69) is 31.2 Å². The van der Waals surface area contributed by atoms with Crippen molar-refractivity contribution in [1.82, 2.24) is 0 Å². The Balaban J connectivity index is 1.33. The zero-order valence-electron chi connectivity index (χ0n) is 24.1. The van der Waals surface area contributed by atoms with Crippen molar-refractivity contribution in [3.8, 4) is 0 Å². The van der Waals surface area contributed by atoms with Crippen LogP contribution in [0.3, 0.4) is 0 Å². The number of hydrogen-bond donors (Lipinski definition) is 0. The number of rotatable bonds is 11. The lowest BCUT2D eigenvalue weighted by Gasteiger charge is -2.29. The van der Waals surface area contributed by atoms with Crippen LogP contribution in [0.5, 0.6) is 0 Å². The van der Waals surface area contributed by atoms with E-state index in [-0.39, 0.29) is 5.92 Å². The van der Waals surface area contributed by atoms with Crippen molar-refractivity contribution in [2.75, 3.05) is 0 Å². The molecule has 0 spiro atoms. The molecule has 1 nitrogen and oxygen atoms in total. The van der Waals surface area contributed by atoms with Gasteiger partial charge in [-0.2, -0.15) is 8.78 Å². The third-order valence-corrected chi connectivity index (χ3v) is 9.35. The van der Waals surface area contributed by atoms with Crippen molar-refractivity contribution in [1.29, 1.82) is 0 Å². The fraction of sp³-hybridized carbons (Fsp3) is 0.600. The van der Waals surface area contributed by atoms with E-state index in [0.29, 0.717) is 17.4 Å². The van der Waals surface area contributed by atoms with Gasteiger partial charge in [-0.3, -0.25) is 0 Å². The van der Waals surface area contributed by atoms with Gasteiger partial charge in [-0.15, -0.1) is 0 Å². The van der Waals surface area contributed by atoms with E-state index in [1.165, 1.54) is 62.6 Å². The van der Waals surface area contributed by atoms with E-state index >= 15 is 13.2 Å². The zero-order chi connectivity index (χ0) is 27.8. The lowest BCUT2D eigenvalue weighted by atomic mass is 9.77. The topological polar surface area (TPSA) is 9.23 Å². The van der Waals surface area contributed by atoms with Crippen molar-refractivity contribution < 1.29 is 17.9 Å². The smallest absolute Gasteiger partial charge is 0.309 e. The van der Waals surface area contributed by atoms with Gasteiger partial charge < -0.3 is 4.74 Å². The average molecular weight is 541 g/mol.